The molecule has 26 heavy (non-hydrogen) atoms. The van der Waals surface area contributed by atoms with Gasteiger partial charge in [0.05, 0.1) is 29.8 Å². The van der Waals surface area contributed by atoms with Gasteiger partial charge < -0.3 is 0 Å². The lowest BCUT2D eigenvalue weighted by Gasteiger charge is -2.08. The normalized spacial score (nSPS) is 11.7. The molecule has 2 heterocycles. The number of nitrogens with one attached hydrogen (secondary N) is 1. The van der Waals surface area contributed by atoms with Gasteiger partial charge in [-0.1, -0.05) is 29.8 Å². The summed E-state index contributed by atoms with van der Waals surface area (Å²) in [5.74, 6) is 0. The predicted molar refractivity (Wildman–Crippen MR) is 101 cm³/mol. The summed E-state index contributed by atoms with van der Waals surface area (Å²) in [6.07, 6.45) is 2.87. The Morgan fingerprint density at radius 1 is 1.12 bits per heavy atom. The fourth-order valence-electron chi connectivity index (χ4n) is 2.71. The molecule has 0 amide bonds. The van der Waals surface area contributed by atoms with Gasteiger partial charge in [0.1, 0.15) is 4.90 Å². The number of nitrogens with zero attached hydrogens (tertiary/aromatic N) is 4. The van der Waals surface area contributed by atoms with Crippen LogP contribution in [0.3, 0.4) is 0 Å². The molecule has 138 valence electrons. The van der Waals surface area contributed by atoms with Crippen LogP contribution in [0.15, 0.2) is 41.6 Å². The average Bonchev–Trinajstić information content (AvgIpc) is 3.18. The Labute approximate surface area is 153 Å². The van der Waals surface area contributed by atoms with Crippen LogP contribution in [0.25, 0.3) is 0 Å². The highest BCUT2D eigenvalue weighted by Crippen LogP contribution is 2.24. The van der Waals surface area contributed by atoms with Gasteiger partial charge >= 0.3 is 0 Å². The molecule has 3 rings (SSSR count). The summed E-state index contributed by atoms with van der Waals surface area (Å²) in [7, 11) is -3.70. The van der Waals surface area contributed by atoms with E-state index in [1.807, 2.05) is 25.5 Å². The van der Waals surface area contributed by atoms with Crippen LogP contribution in [0.2, 0.25) is 0 Å². The maximum absolute atomic E-state index is 12.6. The molecule has 8 heteroatoms. The van der Waals surface area contributed by atoms with Crippen molar-refractivity contribution in [1.29, 1.82) is 0 Å². The fraction of sp³-hybridized carbons (Fsp3) is 0.333. The van der Waals surface area contributed by atoms with Crippen molar-refractivity contribution < 1.29 is 8.42 Å². The first-order valence-corrected chi connectivity index (χ1v) is 9.93. The molecule has 2 aromatic heterocycles. The molecule has 0 aliphatic carbocycles. The Morgan fingerprint density at radius 2 is 1.81 bits per heavy atom. The van der Waals surface area contributed by atoms with Crippen molar-refractivity contribution in [1.82, 2.24) is 19.6 Å². The van der Waals surface area contributed by atoms with E-state index in [4.69, 9.17) is 0 Å². The number of anilines is 1. The predicted octanol–water partition coefficient (Wildman–Crippen LogP) is 2.87. The number of hydrogen-bond donors (Lipinski definition) is 1. The van der Waals surface area contributed by atoms with Gasteiger partial charge in [-0.15, -0.1) is 0 Å². The molecule has 0 saturated carbocycles. The number of aryl methyl sites for hydroxylation is 3. The van der Waals surface area contributed by atoms with E-state index in [2.05, 4.69) is 39.2 Å². The van der Waals surface area contributed by atoms with Gasteiger partial charge in [0.25, 0.3) is 10.0 Å². The molecule has 0 spiro atoms. The van der Waals surface area contributed by atoms with E-state index in [0.717, 1.165) is 11.3 Å². The van der Waals surface area contributed by atoms with Gasteiger partial charge in [-0.25, -0.2) is 8.42 Å². The van der Waals surface area contributed by atoms with Gasteiger partial charge in [-0.05, 0) is 33.3 Å². The third-order valence-corrected chi connectivity index (χ3v) is 5.62. The third kappa shape index (κ3) is 3.65. The Morgan fingerprint density at radius 3 is 2.42 bits per heavy atom. The molecule has 0 radical (unpaired) electrons. The van der Waals surface area contributed by atoms with Crippen LogP contribution in [0, 0.1) is 20.8 Å². The Hall–Kier alpha value is -2.61. The highest BCUT2D eigenvalue weighted by atomic mass is 32.2. The first-order valence-electron chi connectivity index (χ1n) is 8.45. The third-order valence-electron chi connectivity index (χ3n) is 4.31. The number of benzene rings is 1. The van der Waals surface area contributed by atoms with Crippen molar-refractivity contribution in [3.05, 3.63) is 59.2 Å². The minimum absolute atomic E-state index is 0.143. The Balaban J connectivity index is 1.86. The monoisotopic (exact) mass is 373 g/mol. The lowest BCUT2D eigenvalue weighted by Crippen LogP contribution is -2.14. The number of aromatic nitrogens is 4. The van der Waals surface area contributed by atoms with Crippen molar-refractivity contribution in [3.8, 4) is 0 Å². The highest BCUT2D eigenvalue weighted by Gasteiger charge is 2.21. The first kappa shape index (κ1) is 18.2. The largest absolute Gasteiger partial charge is 0.276 e. The molecule has 0 aliphatic heterocycles. The zero-order chi connectivity index (χ0) is 18.9. The van der Waals surface area contributed by atoms with Crippen molar-refractivity contribution in [2.75, 3.05) is 4.72 Å². The Kier molecular flexibility index (Phi) is 4.86. The summed E-state index contributed by atoms with van der Waals surface area (Å²) in [4.78, 5) is 0.143. The van der Waals surface area contributed by atoms with Crippen molar-refractivity contribution in [2.24, 2.45) is 0 Å². The van der Waals surface area contributed by atoms with Crippen LogP contribution >= 0.6 is 0 Å². The molecule has 0 saturated heterocycles. The van der Waals surface area contributed by atoms with E-state index < -0.39 is 10.0 Å². The molecule has 3 aromatic rings. The maximum Gasteiger partial charge on any atom is 0.265 e. The smallest absolute Gasteiger partial charge is 0.265 e. The minimum atomic E-state index is -3.70. The van der Waals surface area contributed by atoms with Gasteiger partial charge in [0.15, 0.2) is 0 Å². The van der Waals surface area contributed by atoms with Gasteiger partial charge in [-0.3, -0.25) is 14.1 Å². The van der Waals surface area contributed by atoms with E-state index in [9.17, 15) is 8.42 Å². The van der Waals surface area contributed by atoms with Crippen LogP contribution in [0.4, 0.5) is 5.69 Å². The number of sulfonamides is 1. The van der Waals surface area contributed by atoms with E-state index in [-0.39, 0.29) is 4.90 Å². The summed E-state index contributed by atoms with van der Waals surface area (Å²) in [5.41, 5.74) is 4.24. The lowest BCUT2D eigenvalue weighted by molar-refractivity contribution is 0.600. The summed E-state index contributed by atoms with van der Waals surface area (Å²) in [6, 6.07) is 8.20. The second-order valence-electron chi connectivity index (χ2n) is 6.33. The molecule has 1 aromatic carbocycles. The van der Waals surface area contributed by atoms with Crippen LogP contribution in [-0.2, 0) is 23.1 Å². The summed E-state index contributed by atoms with van der Waals surface area (Å²) in [5, 5.41) is 8.53. The van der Waals surface area contributed by atoms with Crippen LogP contribution in [0.5, 0.6) is 0 Å². The topological polar surface area (TPSA) is 81.8 Å². The first-order chi connectivity index (χ1) is 12.3. The SMILES string of the molecule is CCn1cc(S(=O)(=O)Nc2c(C)nn(Cc3ccc(C)cc3)c2C)cn1. The second kappa shape index (κ2) is 6.95. The molecular weight excluding hydrogens is 350 g/mol. The number of hydrogen-bond acceptors (Lipinski definition) is 4. The zero-order valence-electron chi connectivity index (χ0n) is 15.4. The van der Waals surface area contributed by atoms with Gasteiger partial charge in [0, 0.05) is 12.7 Å². The lowest BCUT2D eigenvalue weighted by atomic mass is 10.1. The standard InChI is InChI=1S/C18H23N5O2S/c1-5-22-12-17(10-19-22)26(24,25)21-18-14(3)20-23(15(18)4)11-16-8-6-13(2)7-9-16/h6-10,12,21H,5,11H2,1-4H3. The van der Waals surface area contributed by atoms with Gasteiger partial charge in [-0.2, -0.15) is 10.2 Å². The summed E-state index contributed by atoms with van der Waals surface area (Å²) in [6.45, 7) is 8.80. The average molecular weight is 373 g/mol. The van der Waals surface area contributed by atoms with Gasteiger partial charge in [0.2, 0.25) is 0 Å². The summed E-state index contributed by atoms with van der Waals surface area (Å²) >= 11 is 0. The van der Waals surface area contributed by atoms with Crippen molar-refractivity contribution in [2.45, 2.75) is 45.7 Å². The molecule has 0 bridgehead atoms. The van der Waals surface area contributed by atoms with Crippen molar-refractivity contribution >= 4 is 15.7 Å². The molecular formula is C18H23N5O2S. The summed E-state index contributed by atoms with van der Waals surface area (Å²) < 4.78 is 31.3. The fourth-order valence-corrected chi connectivity index (χ4v) is 3.84. The minimum Gasteiger partial charge on any atom is -0.276 e. The molecule has 0 fully saturated rings. The highest BCUT2D eigenvalue weighted by molar-refractivity contribution is 7.92. The van der Waals surface area contributed by atoms with E-state index in [1.54, 1.807) is 11.6 Å². The Bertz CT molecular complexity index is 1020. The molecule has 7 nitrogen and oxygen atoms in total. The maximum atomic E-state index is 12.6. The van der Waals surface area contributed by atoms with E-state index in [0.29, 0.717) is 24.5 Å². The number of rotatable bonds is 6. The van der Waals surface area contributed by atoms with Crippen LogP contribution in [-0.4, -0.2) is 28.0 Å². The van der Waals surface area contributed by atoms with Crippen LogP contribution in [0.1, 0.15) is 29.4 Å². The molecule has 0 aliphatic rings. The van der Waals surface area contributed by atoms with Crippen LogP contribution < -0.4 is 4.72 Å². The second-order valence-corrected chi connectivity index (χ2v) is 8.01. The molecule has 0 atom stereocenters. The molecule has 0 unspecified atom stereocenters. The van der Waals surface area contributed by atoms with E-state index >= 15 is 0 Å². The quantitative estimate of drug-likeness (QED) is 0.720. The van der Waals surface area contributed by atoms with Crippen molar-refractivity contribution in [3.63, 3.8) is 0 Å². The molecule has 1 N–H and O–H groups in total. The van der Waals surface area contributed by atoms with E-state index in [1.165, 1.54) is 18.0 Å². The zero-order valence-corrected chi connectivity index (χ0v) is 16.2.